The van der Waals surface area contributed by atoms with Crippen LogP contribution in [-0.2, 0) is 6.61 Å². The van der Waals surface area contributed by atoms with Gasteiger partial charge in [-0.15, -0.1) is 0 Å². The SMILES string of the molecule is N#CCC=Cc1cccc(OCc2ccccc2)c1. The van der Waals surface area contributed by atoms with Gasteiger partial charge in [0.25, 0.3) is 0 Å². The van der Waals surface area contributed by atoms with Crippen LogP contribution in [0.3, 0.4) is 0 Å². The zero-order chi connectivity index (χ0) is 13.3. The van der Waals surface area contributed by atoms with E-state index in [0.29, 0.717) is 13.0 Å². The van der Waals surface area contributed by atoms with E-state index in [2.05, 4.69) is 6.07 Å². The summed E-state index contributed by atoms with van der Waals surface area (Å²) in [6.45, 7) is 0.562. The summed E-state index contributed by atoms with van der Waals surface area (Å²) in [5, 5.41) is 8.48. The Morgan fingerprint density at radius 1 is 1.05 bits per heavy atom. The molecule has 2 aromatic rings. The second-order valence-electron chi connectivity index (χ2n) is 4.11. The average Bonchev–Trinajstić information content (AvgIpc) is 2.47. The molecule has 0 fully saturated rings. The molecule has 0 saturated heterocycles. The third-order valence-electron chi connectivity index (χ3n) is 2.63. The molecule has 0 heterocycles. The number of ether oxygens (including phenoxy) is 1. The van der Waals surface area contributed by atoms with Crippen LogP contribution in [0.15, 0.2) is 60.7 Å². The number of allylic oxidation sites excluding steroid dienone is 1. The minimum Gasteiger partial charge on any atom is -0.489 e. The topological polar surface area (TPSA) is 33.0 Å². The Kier molecular flexibility index (Phi) is 4.78. The van der Waals surface area contributed by atoms with Crippen LogP contribution in [0, 0.1) is 11.3 Å². The molecule has 0 aliphatic rings. The second kappa shape index (κ2) is 7.03. The van der Waals surface area contributed by atoms with Gasteiger partial charge < -0.3 is 4.74 Å². The van der Waals surface area contributed by atoms with E-state index in [9.17, 15) is 0 Å². The van der Waals surface area contributed by atoms with E-state index >= 15 is 0 Å². The highest BCUT2D eigenvalue weighted by atomic mass is 16.5. The summed E-state index contributed by atoms with van der Waals surface area (Å²) < 4.78 is 5.74. The summed E-state index contributed by atoms with van der Waals surface area (Å²) in [6, 6.07) is 20.0. The van der Waals surface area contributed by atoms with E-state index in [-0.39, 0.29) is 0 Å². The molecule has 0 aliphatic heterocycles. The van der Waals surface area contributed by atoms with Crippen molar-refractivity contribution in [2.24, 2.45) is 0 Å². The Balaban J connectivity index is 1.98. The number of nitriles is 1. The first kappa shape index (κ1) is 12.9. The maximum absolute atomic E-state index is 8.48. The van der Waals surface area contributed by atoms with E-state index in [4.69, 9.17) is 10.00 Å². The Hall–Kier alpha value is -2.53. The molecule has 2 rings (SSSR count). The number of hydrogen-bond donors (Lipinski definition) is 0. The number of benzene rings is 2. The van der Waals surface area contributed by atoms with Crippen molar-refractivity contribution in [1.29, 1.82) is 5.26 Å². The Morgan fingerprint density at radius 2 is 1.89 bits per heavy atom. The third-order valence-corrected chi connectivity index (χ3v) is 2.63. The lowest BCUT2D eigenvalue weighted by atomic mass is 10.2. The predicted molar refractivity (Wildman–Crippen MR) is 76.5 cm³/mol. The van der Waals surface area contributed by atoms with Gasteiger partial charge in [-0.1, -0.05) is 54.6 Å². The summed E-state index contributed by atoms with van der Waals surface area (Å²) >= 11 is 0. The number of nitrogens with zero attached hydrogens (tertiary/aromatic N) is 1. The lowest BCUT2D eigenvalue weighted by Crippen LogP contribution is -1.94. The van der Waals surface area contributed by atoms with E-state index in [1.165, 1.54) is 0 Å². The first-order chi connectivity index (χ1) is 9.38. The van der Waals surface area contributed by atoms with E-state index in [1.807, 2.05) is 66.7 Å². The van der Waals surface area contributed by atoms with Crippen LogP contribution in [0.25, 0.3) is 6.08 Å². The van der Waals surface area contributed by atoms with Gasteiger partial charge in [-0.25, -0.2) is 0 Å². The Bertz CT molecular complexity index is 582. The van der Waals surface area contributed by atoms with Gasteiger partial charge in [-0.3, -0.25) is 0 Å². The Morgan fingerprint density at radius 3 is 2.68 bits per heavy atom. The molecule has 0 atom stereocenters. The molecule has 0 radical (unpaired) electrons. The molecule has 0 spiro atoms. The molecule has 0 bridgehead atoms. The highest BCUT2D eigenvalue weighted by Crippen LogP contribution is 2.16. The van der Waals surface area contributed by atoms with Crippen LogP contribution >= 0.6 is 0 Å². The van der Waals surface area contributed by atoms with Crippen molar-refractivity contribution < 1.29 is 4.74 Å². The zero-order valence-electron chi connectivity index (χ0n) is 10.6. The normalized spacial score (nSPS) is 10.3. The fourth-order valence-electron chi connectivity index (χ4n) is 1.70. The first-order valence-corrected chi connectivity index (χ1v) is 6.19. The smallest absolute Gasteiger partial charge is 0.120 e. The molecule has 2 aromatic carbocycles. The minimum atomic E-state index is 0.426. The van der Waals surface area contributed by atoms with Crippen LogP contribution in [0.1, 0.15) is 17.5 Å². The fraction of sp³-hybridized carbons (Fsp3) is 0.118. The molecule has 19 heavy (non-hydrogen) atoms. The van der Waals surface area contributed by atoms with Crippen molar-refractivity contribution in [3.63, 3.8) is 0 Å². The van der Waals surface area contributed by atoms with Crippen molar-refractivity contribution >= 4 is 6.08 Å². The van der Waals surface area contributed by atoms with Crippen LogP contribution in [-0.4, -0.2) is 0 Å². The largest absolute Gasteiger partial charge is 0.489 e. The molecule has 0 saturated carbocycles. The maximum atomic E-state index is 8.48. The van der Waals surface area contributed by atoms with E-state index in [1.54, 1.807) is 0 Å². The molecule has 0 amide bonds. The standard InChI is InChI=1S/C17H15NO/c18-12-5-4-7-15-10-6-11-17(13-15)19-14-16-8-2-1-3-9-16/h1-4,6-11,13H,5,14H2. The third kappa shape index (κ3) is 4.33. The number of hydrogen-bond acceptors (Lipinski definition) is 2. The highest BCUT2D eigenvalue weighted by Gasteiger charge is 1.96. The van der Waals surface area contributed by atoms with Crippen LogP contribution in [0.4, 0.5) is 0 Å². The first-order valence-electron chi connectivity index (χ1n) is 6.19. The van der Waals surface area contributed by atoms with Crippen molar-refractivity contribution in [3.05, 3.63) is 71.8 Å². The van der Waals surface area contributed by atoms with Crippen molar-refractivity contribution in [3.8, 4) is 11.8 Å². The average molecular weight is 249 g/mol. The molecule has 0 unspecified atom stereocenters. The fourth-order valence-corrected chi connectivity index (χ4v) is 1.70. The summed E-state index contributed by atoms with van der Waals surface area (Å²) in [5.41, 5.74) is 2.19. The van der Waals surface area contributed by atoms with Gasteiger partial charge in [0.2, 0.25) is 0 Å². The summed E-state index contributed by atoms with van der Waals surface area (Å²) in [4.78, 5) is 0. The van der Waals surface area contributed by atoms with Gasteiger partial charge in [-0.2, -0.15) is 5.26 Å². The highest BCUT2D eigenvalue weighted by molar-refractivity contribution is 5.51. The molecular formula is C17H15NO. The van der Waals surface area contributed by atoms with Gasteiger partial charge in [0.15, 0.2) is 0 Å². The summed E-state index contributed by atoms with van der Waals surface area (Å²) in [6.07, 6.45) is 4.20. The van der Waals surface area contributed by atoms with Crippen molar-refractivity contribution in [2.75, 3.05) is 0 Å². The second-order valence-corrected chi connectivity index (χ2v) is 4.11. The summed E-state index contributed by atoms with van der Waals surface area (Å²) in [5.74, 6) is 0.836. The minimum absolute atomic E-state index is 0.426. The maximum Gasteiger partial charge on any atom is 0.120 e. The molecule has 0 aliphatic carbocycles. The van der Waals surface area contributed by atoms with Crippen molar-refractivity contribution in [1.82, 2.24) is 0 Å². The predicted octanol–water partition coefficient (Wildman–Crippen LogP) is 4.19. The van der Waals surface area contributed by atoms with Gasteiger partial charge in [-0.05, 0) is 23.3 Å². The van der Waals surface area contributed by atoms with Crippen LogP contribution < -0.4 is 4.74 Å². The van der Waals surface area contributed by atoms with Gasteiger partial charge in [0.05, 0.1) is 12.5 Å². The summed E-state index contributed by atoms with van der Waals surface area (Å²) in [7, 11) is 0. The van der Waals surface area contributed by atoms with Gasteiger partial charge >= 0.3 is 0 Å². The van der Waals surface area contributed by atoms with Crippen LogP contribution in [0.5, 0.6) is 5.75 Å². The van der Waals surface area contributed by atoms with Crippen molar-refractivity contribution in [2.45, 2.75) is 13.0 Å². The van der Waals surface area contributed by atoms with E-state index < -0.39 is 0 Å². The van der Waals surface area contributed by atoms with Gasteiger partial charge in [0.1, 0.15) is 12.4 Å². The quantitative estimate of drug-likeness (QED) is 0.795. The monoisotopic (exact) mass is 249 g/mol. The molecule has 0 aromatic heterocycles. The van der Waals surface area contributed by atoms with Gasteiger partial charge in [0, 0.05) is 0 Å². The molecule has 0 N–H and O–H groups in total. The molecule has 94 valence electrons. The van der Waals surface area contributed by atoms with Crippen LogP contribution in [0.2, 0.25) is 0 Å². The lowest BCUT2D eigenvalue weighted by molar-refractivity contribution is 0.306. The molecule has 2 heteroatoms. The number of rotatable bonds is 5. The van der Waals surface area contributed by atoms with E-state index in [0.717, 1.165) is 16.9 Å². The lowest BCUT2D eigenvalue weighted by Gasteiger charge is -2.06. The molecular weight excluding hydrogens is 234 g/mol. The molecule has 2 nitrogen and oxygen atoms in total. The zero-order valence-corrected chi connectivity index (χ0v) is 10.6. The Labute approximate surface area is 113 Å².